The molecule has 124 valence electrons. The lowest BCUT2D eigenvalue weighted by atomic mass is 10.1. The monoisotopic (exact) mass is 340 g/mol. The zero-order chi connectivity index (χ0) is 17.0. The van der Waals surface area contributed by atoms with E-state index in [1.165, 1.54) is 25.2 Å². The molecule has 0 spiro atoms. The van der Waals surface area contributed by atoms with Gasteiger partial charge in [0.25, 0.3) is 0 Å². The summed E-state index contributed by atoms with van der Waals surface area (Å²) in [5, 5.41) is 3.09. The van der Waals surface area contributed by atoms with E-state index in [0.29, 0.717) is 5.56 Å². The van der Waals surface area contributed by atoms with Crippen LogP contribution in [0.25, 0.3) is 0 Å². The third kappa shape index (κ3) is 4.34. The van der Waals surface area contributed by atoms with Crippen LogP contribution < -0.4 is 10.0 Å². The Labute approximate surface area is 134 Å². The Morgan fingerprint density at radius 3 is 2.52 bits per heavy atom. The van der Waals surface area contributed by atoms with Gasteiger partial charge in [-0.05, 0) is 37.7 Å². The van der Waals surface area contributed by atoms with E-state index >= 15 is 0 Å². The minimum absolute atomic E-state index is 0.166. The number of hydrogen-bond donors (Lipinski definition) is 2. The molecule has 0 radical (unpaired) electrons. The van der Waals surface area contributed by atoms with Crippen molar-refractivity contribution < 1.29 is 17.2 Å². The van der Waals surface area contributed by atoms with Gasteiger partial charge in [-0.15, -0.1) is 0 Å². The van der Waals surface area contributed by atoms with Crippen LogP contribution in [-0.2, 0) is 16.6 Å². The molecule has 2 aromatic carbocycles. The van der Waals surface area contributed by atoms with Crippen LogP contribution in [0.15, 0.2) is 47.4 Å². The molecule has 0 amide bonds. The highest BCUT2D eigenvalue weighted by molar-refractivity contribution is 7.89. The first-order valence-electron chi connectivity index (χ1n) is 7.04. The Kier molecular flexibility index (Phi) is 5.46. The summed E-state index contributed by atoms with van der Waals surface area (Å²) in [7, 11) is -2.16. The Morgan fingerprint density at radius 1 is 1.13 bits per heavy atom. The van der Waals surface area contributed by atoms with Gasteiger partial charge in [0.1, 0.15) is 11.6 Å². The Bertz CT molecular complexity index is 794. The normalized spacial score (nSPS) is 13.0. The van der Waals surface area contributed by atoms with Crippen LogP contribution in [0.4, 0.5) is 8.78 Å². The van der Waals surface area contributed by atoms with E-state index in [9.17, 15) is 17.2 Å². The molecule has 0 heterocycles. The maximum atomic E-state index is 13.6. The van der Waals surface area contributed by atoms with E-state index in [4.69, 9.17) is 0 Å². The summed E-state index contributed by atoms with van der Waals surface area (Å²) < 4.78 is 52.4. The minimum atomic E-state index is -3.51. The molecule has 0 fully saturated rings. The molecule has 0 unspecified atom stereocenters. The molecular formula is C16H18F2N2O2S. The number of rotatable bonds is 6. The van der Waals surface area contributed by atoms with Gasteiger partial charge in [0.05, 0.1) is 4.90 Å². The lowest BCUT2D eigenvalue weighted by Crippen LogP contribution is -2.21. The molecular weight excluding hydrogens is 322 g/mol. The maximum Gasteiger partial charge on any atom is 0.240 e. The van der Waals surface area contributed by atoms with Gasteiger partial charge in [0, 0.05) is 24.2 Å². The number of hydrogen-bond acceptors (Lipinski definition) is 3. The lowest BCUT2D eigenvalue weighted by Gasteiger charge is -2.16. The topological polar surface area (TPSA) is 58.2 Å². The third-order valence-electron chi connectivity index (χ3n) is 3.55. The largest absolute Gasteiger partial charge is 0.306 e. The fourth-order valence-corrected chi connectivity index (χ4v) is 2.90. The van der Waals surface area contributed by atoms with Crippen LogP contribution in [0.1, 0.15) is 24.1 Å². The average molecular weight is 340 g/mol. The summed E-state index contributed by atoms with van der Waals surface area (Å²) in [6.07, 6.45) is 0. The second kappa shape index (κ2) is 7.16. The smallest absolute Gasteiger partial charge is 0.240 e. The molecule has 0 aromatic heterocycles. The molecule has 0 saturated carbocycles. The van der Waals surface area contributed by atoms with Crippen molar-refractivity contribution in [1.29, 1.82) is 0 Å². The number of halogens is 2. The zero-order valence-corrected chi connectivity index (χ0v) is 13.6. The average Bonchev–Trinajstić information content (AvgIpc) is 2.54. The molecule has 1 atom stereocenters. The number of benzene rings is 2. The first-order valence-corrected chi connectivity index (χ1v) is 8.52. The lowest BCUT2D eigenvalue weighted by molar-refractivity contribution is 0.533. The number of nitrogens with one attached hydrogen (secondary N) is 2. The molecule has 4 nitrogen and oxygen atoms in total. The van der Waals surface area contributed by atoms with Gasteiger partial charge in [-0.3, -0.25) is 0 Å². The Balaban J connectivity index is 2.12. The minimum Gasteiger partial charge on any atom is -0.306 e. The van der Waals surface area contributed by atoms with Crippen LogP contribution in [0.5, 0.6) is 0 Å². The van der Waals surface area contributed by atoms with Crippen molar-refractivity contribution in [3.8, 4) is 0 Å². The molecule has 2 N–H and O–H groups in total. The van der Waals surface area contributed by atoms with Gasteiger partial charge in [-0.25, -0.2) is 21.9 Å². The van der Waals surface area contributed by atoms with Gasteiger partial charge >= 0.3 is 0 Å². The maximum absolute atomic E-state index is 13.6. The van der Waals surface area contributed by atoms with E-state index in [2.05, 4.69) is 10.0 Å². The van der Waals surface area contributed by atoms with Crippen LogP contribution in [0, 0.1) is 11.6 Å². The predicted molar refractivity (Wildman–Crippen MR) is 84.3 cm³/mol. The van der Waals surface area contributed by atoms with Crippen molar-refractivity contribution in [3.63, 3.8) is 0 Å². The molecule has 0 bridgehead atoms. The highest BCUT2D eigenvalue weighted by Gasteiger charge is 2.14. The molecule has 0 aliphatic rings. The Morgan fingerprint density at radius 2 is 1.87 bits per heavy atom. The molecule has 7 heteroatoms. The summed E-state index contributed by atoms with van der Waals surface area (Å²) in [4.78, 5) is 0.166. The Hall–Kier alpha value is -1.83. The molecule has 2 rings (SSSR count). The van der Waals surface area contributed by atoms with E-state index in [1.807, 2.05) is 6.92 Å². The highest BCUT2D eigenvalue weighted by atomic mass is 32.2. The van der Waals surface area contributed by atoms with Crippen molar-refractivity contribution in [2.45, 2.75) is 24.4 Å². The highest BCUT2D eigenvalue weighted by Crippen LogP contribution is 2.18. The standard InChI is InChI=1S/C16H18F2N2O2S/c1-11(20-10-13-6-7-14(17)9-16(13)18)12-4-3-5-15(8-12)23(21,22)19-2/h3-9,11,19-20H,10H2,1-2H3/t11-/m1/s1. The molecule has 0 saturated heterocycles. The van der Waals surface area contributed by atoms with E-state index in [1.54, 1.807) is 18.2 Å². The second-order valence-corrected chi connectivity index (χ2v) is 7.00. The van der Waals surface area contributed by atoms with E-state index < -0.39 is 21.7 Å². The van der Waals surface area contributed by atoms with Crippen molar-refractivity contribution in [1.82, 2.24) is 10.0 Å². The van der Waals surface area contributed by atoms with Crippen molar-refractivity contribution in [2.75, 3.05) is 7.05 Å². The second-order valence-electron chi connectivity index (χ2n) is 5.12. The van der Waals surface area contributed by atoms with Crippen molar-refractivity contribution >= 4 is 10.0 Å². The first kappa shape index (κ1) is 17.5. The van der Waals surface area contributed by atoms with Gasteiger partial charge in [-0.1, -0.05) is 18.2 Å². The van der Waals surface area contributed by atoms with Crippen LogP contribution in [0.2, 0.25) is 0 Å². The van der Waals surface area contributed by atoms with Crippen LogP contribution >= 0.6 is 0 Å². The third-order valence-corrected chi connectivity index (χ3v) is 4.96. The predicted octanol–water partition coefficient (Wildman–Crippen LogP) is 2.72. The summed E-state index contributed by atoms with van der Waals surface area (Å²) in [6, 6.07) is 9.71. The quantitative estimate of drug-likeness (QED) is 0.850. The number of sulfonamides is 1. The van der Waals surface area contributed by atoms with Crippen LogP contribution in [0.3, 0.4) is 0 Å². The fraction of sp³-hybridized carbons (Fsp3) is 0.250. The SMILES string of the molecule is CNS(=O)(=O)c1cccc([C@@H](C)NCc2ccc(F)cc2F)c1. The van der Waals surface area contributed by atoms with Crippen molar-refractivity contribution in [2.24, 2.45) is 0 Å². The summed E-state index contributed by atoms with van der Waals surface area (Å²) in [6.45, 7) is 2.04. The molecule has 0 aliphatic heterocycles. The summed E-state index contributed by atoms with van der Waals surface area (Å²) in [5.74, 6) is -1.24. The summed E-state index contributed by atoms with van der Waals surface area (Å²) >= 11 is 0. The molecule has 23 heavy (non-hydrogen) atoms. The van der Waals surface area contributed by atoms with Crippen LogP contribution in [-0.4, -0.2) is 15.5 Å². The summed E-state index contributed by atoms with van der Waals surface area (Å²) in [5.41, 5.74) is 1.10. The first-order chi connectivity index (χ1) is 10.8. The fourth-order valence-electron chi connectivity index (χ4n) is 2.11. The zero-order valence-electron chi connectivity index (χ0n) is 12.8. The van der Waals surface area contributed by atoms with Gasteiger partial charge in [-0.2, -0.15) is 0 Å². The van der Waals surface area contributed by atoms with E-state index in [0.717, 1.165) is 11.6 Å². The molecule has 2 aromatic rings. The van der Waals surface area contributed by atoms with Gasteiger partial charge in [0.2, 0.25) is 10.0 Å². The van der Waals surface area contributed by atoms with E-state index in [-0.39, 0.29) is 17.5 Å². The van der Waals surface area contributed by atoms with Gasteiger partial charge < -0.3 is 5.32 Å². The molecule has 0 aliphatic carbocycles. The van der Waals surface area contributed by atoms with Gasteiger partial charge in [0.15, 0.2) is 0 Å². The van der Waals surface area contributed by atoms with Crippen molar-refractivity contribution in [3.05, 3.63) is 65.2 Å².